The molecule has 0 aliphatic heterocycles. The van der Waals surface area contributed by atoms with Gasteiger partial charge in [-0.3, -0.25) is 0 Å². The van der Waals surface area contributed by atoms with Gasteiger partial charge in [0.05, 0.1) is 12.1 Å². The second-order valence-electron chi connectivity index (χ2n) is 4.97. The second-order valence-corrected chi connectivity index (χ2v) is 4.97. The molecule has 0 saturated heterocycles. The first-order valence-corrected chi connectivity index (χ1v) is 7.27. The normalized spacial score (nSPS) is 14.2. The first kappa shape index (κ1) is 15.0. The molecule has 2 nitrogen and oxygen atoms in total. The highest BCUT2D eigenvalue weighted by molar-refractivity contribution is 5.43. The molecule has 0 aliphatic carbocycles. The van der Waals surface area contributed by atoms with Crippen LogP contribution in [-0.2, 0) is 0 Å². The average Bonchev–Trinajstić information content (AvgIpc) is 2.42. The lowest BCUT2D eigenvalue weighted by atomic mass is 9.99. The Morgan fingerprint density at radius 2 is 1.61 bits per heavy atom. The van der Waals surface area contributed by atoms with E-state index in [1.807, 2.05) is 18.2 Å². The Bertz CT molecular complexity index is 299. The van der Waals surface area contributed by atoms with Crippen LogP contribution in [-0.4, -0.2) is 17.3 Å². The number of nitrogens with one attached hydrogen (secondary N) is 1. The number of hydrogen-bond donors (Lipinski definition) is 2. The maximum absolute atomic E-state index is 10.3. The third-order valence-corrected chi connectivity index (χ3v) is 3.31. The summed E-state index contributed by atoms with van der Waals surface area (Å²) in [5, 5.41) is 13.7. The molecule has 0 amide bonds. The van der Waals surface area contributed by atoms with E-state index in [0.717, 1.165) is 37.8 Å². The molecule has 0 spiro atoms. The van der Waals surface area contributed by atoms with Gasteiger partial charge in [0, 0.05) is 5.69 Å². The Balaban J connectivity index is 2.54. The summed E-state index contributed by atoms with van der Waals surface area (Å²) in [6.45, 7) is 4.36. The number of hydrogen-bond acceptors (Lipinski definition) is 2. The quantitative estimate of drug-likeness (QED) is 0.687. The maximum atomic E-state index is 10.3. The molecule has 18 heavy (non-hydrogen) atoms. The summed E-state index contributed by atoms with van der Waals surface area (Å²) < 4.78 is 0. The second kappa shape index (κ2) is 8.98. The molecule has 0 saturated carbocycles. The number of rotatable bonds is 9. The van der Waals surface area contributed by atoms with E-state index in [4.69, 9.17) is 0 Å². The van der Waals surface area contributed by atoms with E-state index in [0.29, 0.717) is 0 Å². The van der Waals surface area contributed by atoms with Gasteiger partial charge in [0.2, 0.25) is 0 Å². The van der Waals surface area contributed by atoms with Crippen LogP contribution in [0.5, 0.6) is 0 Å². The number of aliphatic hydroxyl groups is 1. The van der Waals surface area contributed by atoms with Crippen LogP contribution in [0, 0.1) is 0 Å². The van der Waals surface area contributed by atoms with E-state index in [-0.39, 0.29) is 12.1 Å². The van der Waals surface area contributed by atoms with E-state index in [2.05, 4.69) is 31.3 Å². The highest BCUT2D eigenvalue weighted by Crippen LogP contribution is 2.16. The Morgan fingerprint density at radius 1 is 1.00 bits per heavy atom. The fourth-order valence-electron chi connectivity index (χ4n) is 2.15. The minimum atomic E-state index is -0.239. The van der Waals surface area contributed by atoms with Crippen LogP contribution < -0.4 is 5.32 Å². The van der Waals surface area contributed by atoms with Gasteiger partial charge in [0.15, 0.2) is 0 Å². The van der Waals surface area contributed by atoms with E-state index in [1.54, 1.807) is 0 Å². The van der Waals surface area contributed by atoms with E-state index in [1.165, 1.54) is 6.42 Å². The molecule has 1 rings (SSSR count). The van der Waals surface area contributed by atoms with Gasteiger partial charge in [-0.2, -0.15) is 0 Å². The van der Waals surface area contributed by atoms with Crippen molar-refractivity contribution >= 4 is 5.69 Å². The van der Waals surface area contributed by atoms with Gasteiger partial charge in [-0.15, -0.1) is 0 Å². The van der Waals surface area contributed by atoms with Crippen molar-refractivity contribution in [3.63, 3.8) is 0 Å². The predicted octanol–water partition coefficient (Wildman–Crippen LogP) is 4.21. The lowest BCUT2D eigenvalue weighted by Crippen LogP contribution is -2.33. The molecule has 1 unspecified atom stereocenters. The van der Waals surface area contributed by atoms with Gasteiger partial charge >= 0.3 is 0 Å². The maximum Gasteiger partial charge on any atom is 0.0741 e. The molecular weight excluding hydrogens is 222 g/mol. The van der Waals surface area contributed by atoms with Crippen LogP contribution >= 0.6 is 0 Å². The van der Waals surface area contributed by atoms with Crippen molar-refractivity contribution < 1.29 is 5.11 Å². The molecule has 2 N–H and O–H groups in total. The topological polar surface area (TPSA) is 32.3 Å². The fourth-order valence-corrected chi connectivity index (χ4v) is 2.15. The van der Waals surface area contributed by atoms with Gasteiger partial charge in [-0.05, 0) is 25.0 Å². The van der Waals surface area contributed by atoms with Crippen molar-refractivity contribution in [1.82, 2.24) is 0 Å². The number of para-hydroxylation sites is 1. The van der Waals surface area contributed by atoms with Crippen molar-refractivity contribution in [3.8, 4) is 0 Å². The highest BCUT2D eigenvalue weighted by atomic mass is 16.3. The summed E-state index contributed by atoms with van der Waals surface area (Å²) in [4.78, 5) is 0. The molecule has 0 radical (unpaired) electrons. The smallest absolute Gasteiger partial charge is 0.0741 e. The van der Waals surface area contributed by atoms with Gasteiger partial charge in [-0.1, -0.05) is 57.7 Å². The zero-order valence-corrected chi connectivity index (χ0v) is 11.7. The zero-order valence-electron chi connectivity index (χ0n) is 11.7. The number of aliphatic hydroxyl groups excluding tert-OH is 1. The van der Waals surface area contributed by atoms with Crippen molar-refractivity contribution in [1.29, 1.82) is 0 Å². The lowest BCUT2D eigenvalue weighted by Gasteiger charge is -2.25. The van der Waals surface area contributed by atoms with Crippen molar-refractivity contribution in [2.75, 3.05) is 5.32 Å². The standard InChI is InChI=1S/C16H27NO/c1-3-5-12-15(16(18)13-6-4-2)17-14-10-8-7-9-11-14/h7-11,15-18H,3-6,12-13H2,1-2H3/t15?,16-/m0/s1. The van der Waals surface area contributed by atoms with E-state index in [9.17, 15) is 5.11 Å². The van der Waals surface area contributed by atoms with E-state index < -0.39 is 0 Å². The predicted molar refractivity (Wildman–Crippen MR) is 78.9 cm³/mol. The van der Waals surface area contributed by atoms with Crippen LogP contribution in [0.25, 0.3) is 0 Å². The van der Waals surface area contributed by atoms with Crippen molar-refractivity contribution in [2.24, 2.45) is 0 Å². The Morgan fingerprint density at radius 3 is 2.22 bits per heavy atom. The third-order valence-electron chi connectivity index (χ3n) is 3.31. The van der Waals surface area contributed by atoms with E-state index >= 15 is 0 Å². The molecule has 2 atom stereocenters. The van der Waals surface area contributed by atoms with Crippen molar-refractivity contribution in [3.05, 3.63) is 30.3 Å². The number of unbranched alkanes of at least 4 members (excludes halogenated alkanes) is 2. The molecule has 0 fully saturated rings. The number of benzene rings is 1. The summed E-state index contributed by atoms with van der Waals surface area (Å²) in [6, 6.07) is 10.4. The summed E-state index contributed by atoms with van der Waals surface area (Å²) in [5.74, 6) is 0. The van der Waals surface area contributed by atoms with Crippen LogP contribution in [0.2, 0.25) is 0 Å². The Hall–Kier alpha value is -1.02. The first-order valence-electron chi connectivity index (χ1n) is 7.27. The Labute approximate surface area is 111 Å². The first-order chi connectivity index (χ1) is 8.77. The van der Waals surface area contributed by atoms with Crippen LogP contribution in [0.15, 0.2) is 30.3 Å². The molecule has 1 aromatic carbocycles. The minimum Gasteiger partial charge on any atom is -0.391 e. The van der Waals surface area contributed by atoms with Gasteiger partial charge in [-0.25, -0.2) is 0 Å². The van der Waals surface area contributed by atoms with Gasteiger partial charge in [0.1, 0.15) is 0 Å². The summed E-state index contributed by atoms with van der Waals surface area (Å²) in [6.07, 6.45) is 6.27. The molecule has 0 aliphatic rings. The molecule has 2 heteroatoms. The molecule has 0 bridgehead atoms. The third kappa shape index (κ3) is 5.54. The van der Waals surface area contributed by atoms with Crippen LogP contribution in [0.1, 0.15) is 52.4 Å². The SMILES string of the molecule is CCCCC(Nc1ccccc1)[C@@H](O)CCCC. The summed E-state index contributed by atoms with van der Waals surface area (Å²) >= 11 is 0. The average molecular weight is 249 g/mol. The summed E-state index contributed by atoms with van der Waals surface area (Å²) in [5.41, 5.74) is 1.11. The molecule has 0 heterocycles. The monoisotopic (exact) mass is 249 g/mol. The van der Waals surface area contributed by atoms with Crippen LogP contribution in [0.4, 0.5) is 5.69 Å². The van der Waals surface area contributed by atoms with Crippen molar-refractivity contribution in [2.45, 2.75) is 64.5 Å². The zero-order chi connectivity index (χ0) is 13.2. The number of anilines is 1. The van der Waals surface area contributed by atoms with Gasteiger partial charge in [0.25, 0.3) is 0 Å². The Kier molecular flexibility index (Phi) is 7.51. The fraction of sp³-hybridized carbons (Fsp3) is 0.625. The lowest BCUT2D eigenvalue weighted by molar-refractivity contribution is 0.135. The molecule has 102 valence electrons. The summed E-state index contributed by atoms with van der Waals surface area (Å²) in [7, 11) is 0. The largest absolute Gasteiger partial charge is 0.391 e. The molecule has 1 aromatic rings. The molecular formula is C16H27NO. The minimum absolute atomic E-state index is 0.180. The van der Waals surface area contributed by atoms with Gasteiger partial charge < -0.3 is 10.4 Å². The highest BCUT2D eigenvalue weighted by Gasteiger charge is 2.17. The molecule has 0 aromatic heterocycles. The van der Waals surface area contributed by atoms with Crippen LogP contribution in [0.3, 0.4) is 0 Å².